The molecule has 6 heteroatoms. The van der Waals surface area contributed by atoms with Gasteiger partial charge in [-0.1, -0.05) is 17.3 Å². The number of nitrogens with zero attached hydrogens (tertiary/aromatic N) is 3. The maximum atomic E-state index is 5.13. The van der Waals surface area contributed by atoms with Crippen LogP contribution in [0.3, 0.4) is 0 Å². The monoisotopic (exact) mass is 330 g/mol. The Balaban J connectivity index is 1.56. The minimum absolute atomic E-state index is 0.469. The van der Waals surface area contributed by atoms with Gasteiger partial charge in [0, 0.05) is 57.6 Å². The molecule has 2 heterocycles. The van der Waals surface area contributed by atoms with Crippen LogP contribution >= 0.6 is 0 Å². The zero-order chi connectivity index (χ0) is 16.8. The predicted molar refractivity (Wildman–Crippen MR) is 93.8 cm³/mol. The van der Waals surface area contributed by atoms with Gasteiger partial charge in [0.15, 0.2) is 0 Å². The van der Waals surface area contributed by atoms with Crippen molar-refractivity contribution in [3.63, 3.8) is 0 Å². The Bertz CT molecular complexity index is 635. The Hall–Kier alpha value is -1.89. The molecule has 1 aliphatic rings. The second-order valence-corrected chi connectivity index (χ2v) is 6.35. The van der Waals surface area contributed by atoms with Crippen LogP contribution in [0, 0.1) is 0 Å². The molecule has 0 unspecified atom stereocenters. The van der Waals surface area contributed by atoms with Crippen LogP contribution in [0.15, 0.2) is 35.1 Å². The van der Waals surface area contributed by atoms with Crippen LogP contribution in [0.2, 0.25) is 0 Å². The smallest absolute Gasteiger partial charge is 0.129 e. The third-order valence-electron chi connectivity index (χ3n) is 4.42. The molecule has 0 spiro atoms. The van der Waals surface area contributed by atoms with Crippen molar-refractivity contribution in [2.45, 2.75) is 19.7 Å². The Morgan fingerprint density at radius 1 is 1.25 bits per heavy atom. The average molecular weight is 330 g/mol. The van der Waals surface area contributed by atoms with Gasteiger partial charge in [0.05, 0.1) is 6.61 Å². The van der Waals surface area contributed by atoms with Gasteiger partial charge in [0.1, 0.15) is 12.0 Å². The molecule has 1 aromatic carbocycles. The van der Waals surface area contributed by atoms with Crippen LogP contribution in [-0.4, -0.2) is 55.3 Å². The number of aromatic nitrogens is 1. The highest BCUT2D eigenvalue weighted by atomic mass is 16.5. The SMILES string of the molecule is COCc1nocc1CNc1cccc(CN2CCN(C)CC2)c1. The number of ether oxygens (including phenoxy) is 1. The first-order valence-electron chi connectivity index (χ1n) is 8.39. The van der Waals surface area contributed by atoms with Crippen LogP contribution in [-0.2, 0) is 24.4 Å². The van der Waals surface area contributed by atoms with Gasteiger partial charge in [-0.25, -0.2) is 0 Å². The third kappa shape index (κ3) is 4.56. The number of anilines is 1. The second kappa shape index (κ2) is 8.28. The summed E-state index contributed by atoms with van der Waals surface area (Å²) in [4.78, 5) is 4.89. The van der Waals surface area contributed by atoms with E-state index in [0.717, 1.165) is 49.7 Å². The highest BCUT2D eigenvalue weighted by Crippen LogP contribution is 2.16. The molecular weight excluding hydrogens is 304 g/mol. The molecule has 2 aromatic rings. The Labute approximate surface area is 143 Å². The molecule has 24 heavy (non-hydrogen) atoms. The van der Waals surface area contributed by atoms with Gasteiger partial charge >= 0.3 is 0 Å². The number of benzene rings is 1. The summed E-state index contributed by atoms with van der Waals surface area (Å²) in [6.07, 6.45) is 1.68. The van der Waals surface area contributed by atoms with Gasteiger partial charge < -0.3 is 19.5 Å². The first-order chi connectivity index (χ1) is 11.7. The number of methoxy groups -OCH3 is 1. The Kier molecular flexibility index (Phi) is 5.85. The van der Waals surface area contributed by atoms with Gasteiger partial charge in [-0.15, -0.1) is 0 Å². The molecule has 130 valence electrons. The van der Waals surface area contributed by atoms with E-state index in [9.17, 15) is 0 Å². The Morgan fingerprint density at radius 3 is 2.88 bits per heavy atom. The van der Waals surface area contributed by atoms with Gasteiger partial charge in [-0.05, 0) is 24.7 Å². The number of nitrogens with one attached hydrogen (secondary N) is 1. The number of rotatable bonds is 7. The van der Waals surface area contributed by atoms with Crippen molar-refractivity contribution in [1.82, 2.24) is 15.0 Å². The summed E-state index contributed by atoms with van der Waals surface area (Å²) < 4.78 is 10.2. The second-order valence-electron chi connectivity index (χ2n) is 6.35. The molecular formula is C18H26N4O2. The van der Waals surface area contributed by atoms with Gasteiger partial charge in [-0.2, -0.15) is 0 Å². The highest BCUT2D eigenvalue weighted by molar-refractivity contribution is 5.46. The molecule has 1 fully saturated rings. The summed E-state index contributed by atoms with van der Waals surface area (Å²) in [5.74, 6) is 0. The van der Waals surface area contributed by atoms with Crippen LogP contribution in [0.4, 0.5) is 5.69 Å². The maximum absolute atomic E-state index is 5.13. The highest BCUT2D eigenvalue weighted by Gasteiger charge is 2.14. The fourth-order valence-corrected chi connectivity index (χ4v) is 2.92. The predicted octanol–water partition coefficient (Wildman–Crippen LogP) is 2.18. The lowest BCUT2D eigenvalue weighted by atomic mass is 10.1. The molecule has 1 aliphatic heterocycles. The molecule has 0 aliphatic carbocycles. The summed E-state index contributed by atoms with van der Waals surface area (Å²) in [5.41, 5.74) is 4.33. The number of hydrogen-bond donors (Lipinski definition) is 1. The zero-order valence-corrected chi connectivity index (χ0v) is 14.5. The molecule has 0 atom stereocenters. The van der Waals surface area contributed by atoms with Crippen LogP contribution < -0.4 is 5.32 Å². The maximum Gasteiger partial charge on any atom is 0.129 e. The van der Waals surface area contributed by atoms with E-state index in [4.69, 9.17) is 9.26 Å². The molecule has 0 amide bonds. The zero-order valence-electron chi connectivity index (χ0n) is 14.5. The summed E-state index contributed by atoms with van der Waals surface area (Å²) in [6, 6.07) is 8.62. The van der Waals surface area contributed by atoms with Crippen molar-refractivity contribution in [3.8, 4) is 0 Å². The normalized spacial score (nSPS) is 16.4. The van der Waals surface area contributed by atoms with Crippen molar-refractivity contribution < 1.29 is 9.26 Å². The molecule has 1 saturated heterocycles. The van der Waals surface area contributed by atoms with Gasteiger partial charge in [0.25, 0.3) is 0 Å². The van der Waals surface area contributed by atoms with E-state index < -0.39 is 0 Å². The van der Waals surface area contributed by atoms with E-state index >= 15 is 0 Å². The average Bonchev–Trinajstić information content (AvgIpc) is 3.03. The molecule has 0 radical (unpaired) electrons. The summed E-state index contributed by atoms with van der Waals surface area (Å²) in [6.45, 7) is 6.72. The van der Waals surface area contributed by atoms with E-state index in [0.29, 0.717) is 13.2 Å². The van der Waals surface area contributed by atoms with E-state index in [-0.39, 0.29) is 0 Å². The number of piperazine rings is 1. The molecule has 0 saturated carbocycles. The van der Waals surface area contributed by atoms with Crippen molar-refractivity contribution in [2.75, 3.05) is 45.7 Å². The first-order valence-corrected chi connectivity index (χ1v) is 8.39. The lowest BCUT2D eigenvalue weighted by Crippen LogP contribution is -2.43. The van der Waals surface area contributed by atoms with E-state index in [1.165, 1.54) is 5.56 Å². The third-order valence-corrected chi connectivity index (χ3v) is 4.42. The first kappa shape index (κ1) is 17.0. The molecule has 3 rings (SSSR count). The van der Waals surface area contributed by atoms with E-state index in [1.807, 2.05) is 0 Å². The quantitative estimate of drug-likeness (QED) is 0.840. The summed E-state index contributed by atoms with van der Waals surface area (Å²) in [7, 11) is 3.85. The number of hydrogen-bond acceptors (Lipinski definition) is 6. The lowest BCUT2D eigenvalue weighted by Gasteiger charge is -2.32. The van der Waals surface area contributed by atoms with Crippen LogP contribution in [0.1, 0.15) is 16.8 Å². The fraction of sp³-hybridized carbons (Fsp3) is 0.500. The molecule has 1 aromatic heterocycles. The van der Waals surface area contributed by atoms with Gasteiger partial charge in [0.2, 0.25) is 0 Å². The largest absolute Gasteiger partial charge is 0.381 e. The minimum atomic E-state index is 0.469. The van der Waals surface area contributed by atoms with Gasteiger partial charge in [-0.3, -0.25) is 4.90 Å². The van der Waals surface area contributed by atoms with Crippen molar-refractivity contribution >= 4 is 5.69 Å². The molecule has 1 N–H and O–H groups in total. The fourth-order valence-electron chi connectivity index (χ4n) is 2.92. The summed E-state index contributed by atoms with van der Waals surface area (Å²) >= 11 is 0. The number of likely N-dealkylation sites (N-methyl/N-ethyl adjacent to an activating group) is 1. The topological polar surface area (TPSA) is 53.8 Å². The van der Waals surface area contributed by atoms with Crippen molar-refractivity contribution in [3.05, 3.63) is 47.3 Å². The standard InChI is InChI=1S/C18H26N4O2/c1-21-6-8-22(9-7-21)12-15-4-3-5-17(10-15)19-11-16-13-24-20-18(16)14-23-2/h3-5,10,13,19H,6-9,11-12,14H2,1-2H3. The Morgan fingerprint density at radius 2 is 2.08 bits per heavy atom. The van der Waals surface area contributed by atoms with Crippen molar-refractivity contribution in [2.24, 2.45) is 0 Å². The van der Waals surface area contributed by atoms with Crippen LogP contribution in [0.5, 0.6) is 0 Å². The van der Waals surface area contributed by atoms with E-state index in [2.05, 4.69) is 51.6 Å². The van der Waals surface area contributed by atoms with Crippen LogP contribution in [0.25, 0.3) is 0 Å². The molecule has 6 nitrogen and oxygen atoms in total. The summed E-state index contributed by atoms with van der Waals surface area (Å²) in [5, 5.41) is 7.42. The molecule has 0 bridgehead atoms. The van der Waals surface area contributed by atoms with E-state index in [1.54, 1.807) is 13.4 Å². The lowest BCUT2D eigenvalue weighted by molar-refractivity contribution is 0.148. The van der Waals surface area contributed by atoms with Crippen molar-refractivity contribution in [1.29, 1.82) is 0 Å². The minimum Gasteiger partial charge on any atom is -0.381 e.